The molecule has 1 heterocycles. The van der Waals surface area contributed by atoms with Crippen molar-refractivity contribution >= 4 is 35.2 Å². The monoisotopic (exact) mass is 413 g/mol. The van der Waals surface area contributed by atoms with E-state index in [-0.39, 0.29) is 12.5 Å². The molecular formula is C22H20ClNO5. The molecule has 2 aromatic rings. The van der Waals surface area contributed by atoms with Crippen LogP contribution in [0.3, 0.4) is 0 Å². The first-order chi connectivity index (χ1) is 14.1. The van der Waals surface area contributed by atoms with Gasteiger partial charge in [-0.15, -0.1) is 6.58 Å². The van der Waals surface area contributed by atoms with Crippen LogP contribution in [0.2, 0.25) is 5.02 Å². The lowest BCUT2D eigenvalue weighted by molar-refractivity contribution is -0.142. The van der Waals surface area contributed by atoms with Crippen LogP contribution in [0.15, 0.2) is 61.2 Å². The van der Waals surface area contributed by atoms with Crippen molar-refractivity contribution in [3.63, 3.8) is 0 Å². The molecule has 0 spiro atoms. The van der Waals surface area contributed by atoms with Crippen LogP contribution < -0.4 is 14.4 Å². The van der Waals surface area contributed by atoms with Crippen molar-refractivity contribution in [3.8, 4) is 11.5 Å². The van der Waals surface area contributed by atoms with Gasteiger partial charge in [0.2, 0.25) is 0 Å². The molecule has 0 aromatic heterocycles. The molecule has 6 nitrogen and oxygen atoms in total. The number of hydrogen-bond donors (Lipinski definition) is 0. The zero-order chi connectivity index (χ0) is 20.6. The zero-order valence-electron chi connectivity index (χ0n) is 15.7. The molecule has 0 saturated heterocycles. The number of fused-ring (bicyclic) bond motifs is 1. The van der Waals surface area contributed by atoms with Crippen LogP contribution in [-0.4, -0.2) is 38.2 Å². The Morgan fingerprint density at radius 3 is 2.69 bits per heavy atom. The molecule has 0 atom stereocenters. The van der Waals surface area contributed by atoms with E-state index in [0.717, 1.165) is 0 Å². The van der Waals surface area contributed by atoms with Gasteiger partial charge in [-0.2, -0.15) is 0 Å². The number of rotatable bonds is 7. The Morgan fingerprint density at radius 1 is 1.17 bits per heavy atom. The largest absolute Gasteiger partial charge is 0.486 e. The molecule has 1 aliphatic heterocycles. The Kier molecular flexibility index (Phi) is 6.92. The standard InChI is InChI=1S/C22H20ClNO5/c1-2-10-24(17-6-4-3-5-7-17)20(25)15-29-21(26)9-8-16-13-18(23)22-19(14-16)27-11-12-28-22/h2-9,13-14H,1,10-12,15H2/b9-8+. The summed E-state index contributed by atoms with van der Waals surface area (Å²) in [5.41, 5.74) is 1.36. The van der Waals surface area contributed by atoms with Gasteiger partial charge >= 0.3 is 5.97 Å². The first kappa shape index (κ1) is 20.5. The number of carbonyl (C=O) groups excluding carboxylic acids is 2. The molecule has 1 aliphatic rings. The van der Waals surface area contributed by atoms with Crippen LogP contribution in [0.4, 0.5) is 5.69 Å². The Morgan fingerprint density at radius 2 is 1.93 bits per heavy atom. The Balaban J connectivity index is 1.60. The average molecular weight is 414 g/mol. The number of carbonyl (C=O) groups is 2. The fourth-order valence-corrected chi connectivity index (χ4v) is 3.01. The molecule has 0 radical (unpaired) electrons. The van der Waals surface area contributed by atoms with Crippen LogP contribution in [0, 0.1) is 0 Å². The molecule has 0 N–H and O–H groups in total. The number of hydrogen-bond acceptors (Lipinski definition) is 5. The number of benzene rings is 2. The van der Waals surface area contributed by atoms with Crippen LogP contribution in [0.5, 0.6) is 11.5 Å². The molecular weight excluding hydrogens is 394 g/mol. The maximum absolute atomic E-state index is 12.4. The number of para-hydroxylation sites is 1. The lowest BCUT2D eigenvalue weighted by Gasteiger charge is -2.20. The van der Waals surface area contributed by atoms with Crippen molar-refractivity contribution in [2.75, 3.05) is 31.3 Å². The minimum absolute atomic E-state index is 0.311. The number of esters is 1. The lowest BCUT2D eigenvalue weighted by atomic mass is 10.2. The maximum Gasteiger partial charge on any atom is 0.331 e. The lowest BCUT2D eigenvalue weighted by Crippen LogP contribution is -2.34. The molecule has 0 saturated carbocycles. The highest BCUT2D eigenvalue weighted by atomic mass is 35.5. The summed E-state index contributed by atoms with van der Waals surface area (Å²) in [6, 6.07) is 12.5. The molecule has 150 valence electrons. The number of anilines is 1. The van der Waals surface area contributed by atoms with Gasteiger partial charge in [-0.25, -0.2) is 4.79 Å². The number of amides is 1. The van der Waals surface area contributed by atoms with Crippen LogP contribution in [0.1, 0.15) is 5.56 Å². The van der Waals surface area contributed by atoms with Gasteiger partial charge < -0.3 is 19.1 Å². The summed E-state index contributed by atoms with van der Waals surface area (Å²) >= 11 is 6.17. The molecule has 0 unspecified atom stereocenters. The normalized spacial score (nSPS) is 12.4. The van der Waals surface area contributed by atoms with Gasteiger partial charge in [0.25, 0.3) is 5.91 Å². The van der Waals surface area contributed by atoms with Crippen molar-refractivity contribution < 1.29 is 23.8 Å². The van der Waals surface area contributed by atoms with Gasteiger partial charge in [0.05, 0.1) is 5.02 Å². The number of halogens is 1. The van der Waals surface area contributed by atoms with Gasteiger partial charge in [0, 0.05) is 18.3 Å². The fourth-order valence-electron chi connectivity index (χ4n) is 2.74. The van der Waals surface area contributed by atoms with Crippen molar-refractivity contribution in [1.29, 1.82) is 0 Å². The predicted octanol–water partition coefficient (Wildman–Crippen LogP) is 3.89. The SMILES string of the molecule is C=CCN(C(=O)COC(=O)/C=C/c1cc(Cl)c2c(c1)OCCO2)c1ccccc1. The van der Waals surface area contributed by atoms with Crippen LogP contribution in [0.25, 0.3) is 6.08 Å². The molecule has 0 bridgehead atoms. The van der Waals surface area contributed by atoms with E-state index >= 15 is 0 Å². The quantitative estimate of drug-likeness (QED) is 0.391. The molecule has 7 heteroatoms. The highest BCUT2D eigenvalue weighted by molar-refractivity contribution is 6.32. The van der Waals surface area contributed by atoms with E-state index in [2.05, 4.69) is 6.58 Å². The molecule has 0 fully saturated rings. The second-order valence-corrected chi connectivity index (χ2v) is 6.50. The Labute approximate surface area is 173 Å². The average Bonchev–Trinajstić information content (AvgIpc) is 2.75. The molecule has 0 aliphatic carbocycles. The van der Waals surface area contributed by atoms with Gasteiger partial charge in [-0.05, 0) is 35.9 Å². The molecule has 3 rings (SSSR count). The summed E-state index contributed by atoms with van der Waals surface area (Å²) in [5.74, 6) is 0.0255. The Bertz CT molecular complexity index is 926. The smallest absolute Gasteiger partial charge is 0.331 e. The van der Waals surface area contributed by atoms with Crippen molar-refractivity contribution in [2.45, 2.75) is 0 Å². The van der Waals surface area contributed by atoms with Gasteiger partial charge in [-0.1, -0.05) is 35.9 Å². The van der Waals surface area contributed by atoms with E-state index < -0.39 is 5.97 Å². The van der Waals surface area contributed by atoms with Crippen LogP contribution >= 0.6 is 11.6 Å². The van der Waals surface area contributed by atoms with Gasteiger partial charge in [0.1, 0.15) is 13.2 Å². The second-order valence-electron chi connectivity index (χ2n) is 6.10. The molecule has 29 heavy (non-hydrogen) atoms. The van der Waals surface area contributed by atoms with E-state index in [0.29, 0.717) is 47.5 Å². The third-order valence-electron chi connectivity index (χ3n) is 4.05. The van der Waals surface area contributed by atoms with E-state index in [4.69, 9.17) is 25.8 Å². The summed E-state index contributed by atoms with van der Waals surface area (Å²) < 4.78 is 16.0. The van der Waals surface area contributed by atoms with Crippen molar-refractivity contribution in [3.05, 3.63) is 71.8 Å². The highest BCUT2D eigenvalue weighted by Gasteiger charge is 2.17. The van der Waals surface area contributed by atoms with Gasteiger partial charge in [-0.3, -0.25) is 4.79 Å². The van der Waals surface area contributed by atoms with E-state index in [1.54, 1.807) is 30.3 Å². The molecule has 2 aromatic carbocycles. The summed E-state index contributed by atoms with van der Waals surface area (Å²) in [7, 11) is 0. The summed E-state index contributed by atoms with van der Waals surface area (Å²) in [6.07, 6.45) is 4.38. The minimum Gasteiger partial charge on any atom is -0.486 e. The van der Waals surface area contributed by atoms with Gasteiger partial charge in [0.15, 0.2) is 18.1 Å². The summed E-state index contributed by atoms with van der Waals surface area (Å²) in [6.45, 7) is 4.46. The van der Waals surface area contributed by atoms with Crippen molar-refractivity contribution in [2.24, 2.45) is 0 Å². The first-order valence-electron chi connectivity index (χ1n) is 8.99. The number of nitrogens with zero attached hydrogens (tertiary/aromatic N) is 1. The minimum atomic E-state index is -0.643. The van der Waals surface area contributed by atoms with E-state index in [1.165, 1.54) is 17.1 Å². The van der Waals surface area contributed by atoms with Crippen molar-refractivity contribution in [1.82, 2.24) is 0 Å². The maximum atomic E-state index is 12.4. The Hall–Kier alpha value is -3.25. The van der Waals surface area contributed by atoms with E-state index in [1.807, 2.05) is 18.2 Å². The zero-order valence-corrected chi connectivity index (χ0v) is 16.4. The predicted molar refractivity (Wildman–Crippen MR) is 111 cm³/mol. The molecule has 1 amide bonds. The first-order valence-corrected chi connectivity index (χ1v) is 9.36. The van der Waals surface area contributed by atoms with Crippen LogP contribution in [-0.2, 0) is 14.3 Å². The fraction of sp³-hybridized carbons (Fsp3) is 0.182. The third kappa shape index (κ3) is 5.39. The van der Waals surface area contributed by atoms with E-state index in [9.17, 15) is 9.59 Å². The topological polar surface area (TPSA) is 65.1 Å². The summed E-state index contributed by atoms with van der Waals surface area (Å²) in [5, 5.41) is 0.397. The second kappa shape index (κ2) is 9.80. The highest BCUT2D eigenvalue weighted by Crippen LogP contribution is 2.38. The number of ether oxygens (including phenoxy) is 3. The third-order valence-corrected chi connectivity index (χ3v) is 4.33. The summed E-state index contributed by atoms with van der Waals surface area (Å²) in [4.78, 5) is 26.0.